The predicted molar refractivity (Wildman–Crippen MR) is 189 cm³/mol. The number of Topliss-reactive ketones (excluding diaryl/α,β-unsaturated/α-hetero) is 1. The molecule has 252 valence electrons. The van der Waals surface area contributed by atoms with E-state index in [1.165, 1.54) is 6.33 Å². The Morgan fingerprint density at radius 1 is 1.04 bits per heavy atom. The first kappa shape index (κ1) is 37.4. The summed E-state index contributed by atoms with van der Waals surface area (Å²) in [6, 6.07) is 11.7. The second-order valence-electron chi connectivity index (χ2n) is 12.6. The van der Waals surface area contributed by atoms with E-state index in [0.29, 0.717) is 42.0 Å². The molecule has 3 heterocycles. The number of nitrogens with zero attached hydrogens (tertiary/aromatic N) is 4. The van der Waals surface area contributed by atoms with Crippen molar-refractivity contribution < 1.29 is 19.1 Å². The number of methoxy groups -OCH3 is 1. The van der Waals surface area contributed by atoms with Gasteiger partial charge in [0.15, 0.2) is 5.78 Å². The standard InChI is InChI=1S/C34H41N7O4.2ClH/c1-20(35-5)32(43)40-30(34(2,3)4)33(44)41-13-9-12-27(41)28(42)16-22-15-24-26(17-29(22)45-6)37-19-38-31(24)39-23-14-21-10-7-8-11-25(21)36-18-23;;/h7-8,10-11,14-15,17-20,27,30,35H,9,12-13,16H2,1-6H3,(H,40,43)(H,37,38,39);2*1H/t20-,27-,30+;;/m0../s1. The van der Waals surface area contributed by atoms with E-state index in [1.54, 1.807) is 38.2 Å². The first-order chi connectivity index (χ1) is 21.5. The number of ketones is 1. The van der Waals surface area contributed by atoms with Crippen LogP contribution in [0.25, 0.3) is 21.8 Å². The van der Waals surface area contributed by atoms with E-state index in [1.807, 2.05) is 57.2 Å². The molecule has 3 N–H and O–H groups in total. The number of likely N-dealkylation sites (N-methyl/N-ethyl adjacent to an activating group) is 1. The van der Waals surface area contributed by atoms with Crippen LogP contribution in [0.3, 0.4) is 0 Å². The normalized spacial score (nSPS) is 15.7. The number of ether oxygens (including phenoxy) is 1. The third-order valence-corrected chi connectivity index (χ3v) is 8.39. The summed E-state index contributed by atoms with van der Waals surface area (Å²) in [5, 5.41) is 10.9. The zero-order valence-corrected chi connectivity index (χ0v) is 29.1. The number of rotatable bonds is 10. The van der Waals surface area contributed by atoms with Crippen LogP contribution in [0, 0.1) is 5.41 Å². The van der Waals surface area contributed by atoms with Gasteiger partial charge in [-0.25, -0.2) is 9.97 Å². The highest BCUT2D eigenvalue weighted by atomic mass is 35.5. The molecule has 0 radical (unpaired) electrons. The molecular formula is C34H43Cl2N7O4. The maximum absolute atomic E-state index is 13.9. The summed E-state index contributed by atoms with van der Waals surface area (Å²) in [5.74, 6) is 0.505. The van der Waals surface area contributed by atoms with Gasteiger partial charge in [-0.15, -0.1) is 24.8 Å². The van der Waals surface area contributed by atoms with Crippen molar-refractivity contribution in [1.29, 1.82) is 0 Å². The lowest BCUT2D eigenvalue weighted by atomic mass is 9.85. The molecule has 0 spiro atoms. The molecule has 1 fully saturated rings. The average Bonchev–Trinajstić information content (AvgIpc) is 3.52. The van der Waals surface area contributed by atoms with Gasteiger partial charge in [0, 0.05) is 35.4 Å². The molecule has 13 heteroatoms. The van der Waals surface area contributed by atoms with Gasteiger partial charge in [-0.1, -0.05) is 39.0 Å². The summed E-state index contributed by atoms with van der Waals surface area (Å²) >= 11 is 0. The smallest absolute Gasteiger partial charge is 0.246 e. The van der Waals surface area contributed by atoms with Crippen molar-refractivity contribution in [3.05, 3.63) is 60.6 Å². The minimum atomic E-state index is -0.778. The van der Waals surface area contributed by atoms with Crippen LogP contribution >= 0.6 is 24.8 Å². The monoisotopic (exact) mass is 683 g/mol. The summed E-state index contributed by atoms with van der Waals surface area (Å²) in [6.45, 7) is 7.93. The lowest BCUT2D eigenvalue weighted by molar-refractivity contribution is -0.143. The lowest BCUT2D eigenvalue weighted by Crippen LogP contribution is -2.58. The van der Waals surface area contributed by atoms with Crippen molar-refractivity contribution in [1.82, 2.24) is 30.5 Å². The molecule has 47 heavy (non-hydrogen) atoms. The number of carbonyl (C=O) groups excluding carboxylic acids is 3. The van der Waals surface area contributed by atoms with Gasteiger partial charge in [0.25, 0.3) is 0 Å². The Balaban J connectivity index is 0.00000300. The fourth-order valence-electron chi connectivity index (χ4n) is 5.72. The molecule has 1 aliphatic heterocycles. The molecular weight excluding hydrogens is 641 g/mol. The number of amides is 2. The van der Waals surface area contributed by atoms with Crippen LogP contribution in [-0.4, -0.2) is 76.3 Å². The fourth-order valence-corrected chi connectivity index (χ4v) is 5.72. The van der Waals surface area contributed by atoms with E-state index in [-0.39, 0.29) is 48.8 Å². The van der Waals surface area contributed by atoms with Crippen molar-refractivity contribution in [2.45, 2.75) is 65.1 Å². The van der Waals surface area contributed by atoms with E-state index in [9.17, 15) is 14.4 Å². The van der Waals surface area contributed by atoms with Gasteiger partial charge in [0.05, 0.1) is 42.1 Å². The molecule has 2 aromatic carbocycles. The average molecular weight is 685 g/mol. The Morgan fingerprint density at radius 3 is 2.49 bits per heavy atom. The van der Waals surface area contributed by atoms with Gasteiger partial charge in [-0.05, 0) is 50.4 Å². The maximum Gasteiger partial charge on any atom is 0.246 e. The quantitative estimate of drug-likeness (QED) is 0.210. The van der Waals surface area contributed by atoms with Crippen LogP contribution in [0.1, 0.15) is 46.1 Å². The van der Waals surface area contributed by atoms with Crippen LogP contribution in [0.5, 0.6) is 5.75 Å². The molecule has 0 unspecified atom stereocenters. The topological polar surface area (TPSA) is 138 Å². The Hall–Kier alpha value is -4.06. The molecule has 1 aliphatic rings. The number of carbonyl (C=O) groups is 3. The molecule has 11 nitrogen and oxygen atoms in total. The van der Waals surface area contributed by atoms with Crippen molar-refractivity contribution >= 4 is 75.7 Å². The molecule has 4 aromatic rings. The highest BCUT2D eigenvalue weighted by Gasteiger charge is 2.42. The number of halogens is 2. The highest BCUT2D eigenvalue weighted by Crippen LogP contribution is 2.32. The Morgan fingerprint density at radius 2 is 1.79 bits per heavy atom. The van der Waals surface area contributed by atoms with E-state index < -0.39 is 23.5 Å². The number of nitrogens with one attached hydrogen (secondary N) is 3. The number of pyridine rings is 1. The number of aromatic nitrogens is 3. The SMILES string of the molecule is CN[C@@H](C)C(=O)N[C@H](C(=O)N1CCC[C@H]1C(=O)Cc1cc2c(Nc3cnc4ccccc4c3)ncnc2cc1OC)C(C)(C)C.Cl.Cl. The molecule has 2 aromatic heterocycles. The van der Waals surface area contributed by atoms with Crippen molar-refractivity contribution in [3.8, 4) is 5.75 Å². The number of hydrogen-bond acceptors (Lipinski definition) is 9. The minimum Gasteiger partial charge on any atom is -0.496 e. The summed E-state index contributed by atoms with van der Waals surface area (Å²) in [7, 11) is 3.25. The highest BCUT2D eigenvalue weighted by molar-refractivity contribution is 5.97. The third kappa shape index (κ3) is 8.27. The summed E-state index contributed by atoms with van der Waals surface area (Å²) in [6.07, 6.45) is 4.55. The number of fused-ring (bicyclic) bond motifs is 2. The van der Waals surface area contributed by atoms with E-state index in [4.69, 9.17) is 4.74 Å². The summed E-state index contributed by atoms with van der Waals surface area (Å²) in [5.41, 5.74) is 2.44. The second kappa shape index (κ2) is 15.7. The third-order valence-electron chi connectivity index (χ3n) is 8.39. The fraction of sp³-hybridized carbons (Fsp3) is 0.412. The largest absolute Gasteiger partial charge is 0.496 e. The molecule has 3 atom stereocenters. The van der Waals surface area contributed by atoms with Crippen LogP contribution < -0.4 is 20.7 Å². The first-order valence-electron chi connectivity index (χ1n) is 15.2. The zero-order valence-electron chi connectivity index (χ0n) is 27.5. The van der Waals surface area contributed by atoms with Crippen molar-refractivity contribution in [2.24, 2.45) is 5.41 Å². The molecule has 0 bridgehead atoms. The Kier molecular flexibility index (Phi) is 12.5. The summed E-state index contributed by atoms with van der Waals surface area (Å²) < 4.78 is 5.68. The van der Waals surface area contributed by atoms with E-state index in [0.717, 1.165) is 22.0 Å². The van der Waals surface area contributed by atoms with Crippen LogP contribution in [0.15, 0.2) is 55.0 Å². The van der Waals surface area contributed by atoms with Gasteiger partial charge in [-0.2, -0.15) is 0 Å². The minimum absolute atomic E-state index is 0. The molecule has 0 aliphatic carbocycles. The van der Waals surface area contributed by atoms with E-state index >= 15 is 0 Å². The molecule has 5 rings (SSSR count). The van der Waals surface area contributed by atoms with E-state index in [2.05, 4.69) is 30.9 Å². The van der Waals surface area contributed by atoms with Gasteiger partial charge in [0.1, 0.15) is 23.9 Å². The van der Waals surface area contributed by atoms with Crippen molar-refractivity contribution in [3.63, 3.8) is 0 Å². The second-order valence-corrected chi connectivity index (χ2v) is 12.6. The molecule has 1 saturated heterocycles. The number of anilines is 2. The number of para-hydroxylation sites is 1. The van der Waals surface area contributed by atoms with Crippen molar-refractivity contribution in [2.75, 3.05) is 26.0 Å². The first-order valence-corrected chi connectivity index (χ1v) is 15.2. The Bertz CT molecular complexity index is 1750. The van der Waals surface area contributed by atoms with Crippen LogP contribution in [-0.2, 0) is 20.8 Å². The zero-order chi connectivity index (χ0) is 32.3. The van der Waals surface area contributed by atoms with Crippen LogP contribution in [0.2, 0.25) is 0 Å². The molecule has 2 amide bonds. The number of hydrogen-bond donors (Lipinski definition) is 3. The lowest BCUT2D eigenvalue weighted by Gasteiger charge is -2.36. The predicted octanol–water partition coefficient (Wildman–Crippen LogP) is 5.02. The number of likely N-dealkylation sites (tertiary alicyclic amines) is 1. The van der Waals surface area contributed by atoms with Gasteiger partial charge >= 0.3 is 0 Å². The van der Waals surface area contributed by atoms with Crippen LogP contribution in [0.4, 0.5) is 11.5 Å². The van der Waals surface area contributed by atoms with Gasteiger partial charge < -0.3 is 25.6 Å². The van der Waals surface area contributed by atoms with Gasteiger partial charge in [-0.3, -0.25) is 19.4 Å². The summed E-state index contributed by atoms with van der Waals surface area (Å²) in [4.78, 5) is 55.6. The maximum atomic E-state index is 13.9. The Labute approximate surface area is 287 Å². The molecule has 0 saturated carbocycles. The number of benzene rings is 2. The van der Waals surface area contributed by atoms with Gasteiger partial charge in [0.2, 0.25) is 11.8 Å².